The lowest BCUT2D eigenvalue weighted by Crippen LogP contribution is -2.15. The molecule has 0 aliphatic rings. The van der Waals surface area contributed by atoms with Gasteiger partial charge in [0, 0.05) is 0 Å². The van der Waals surface area contributed by atoms with Crippen molar-refractivity contribution in [2.75, 3.05) is 5.32 Å². The van der Waals surface area contributed by atoms with E-state index in [4.69, 9.17) is 11.6 Å². The number of halogens is 1. The van der Waals surface area contributed by atoms with Crippen LogP contribution < -0.4 is 5.32 Å². The van der Waals surface area contributed by atoms with Gasteiger partial charge in [-0.15, -0.1) is 0 Å². The zero-order valence-electron chi connectivity index (χ0n) is 10.8. The van der Waals surface area contributed by atoms with Gasteiger partial charge in [-0.05, 0) is 24.3 Å². The van der Waals surface area contributed by atoms with E-state index in [-0.39, 0.29) is 16.8 Å². The molecule has 0 aliphatic heterocycles. The van der Waals surface area contributed by atoms with Crippen LogP contribution in [0.3, 0.4) is 0 Å². The fourth-order valence-electron chi connectivity index (χ4n) is 1.83. The van der Waals surface area contributed by atoms with E-state index >= 15 is 0 Å². The van der Waals surface area contributed by atoms with Crippen LogP contribution in [-0.2, 0) is 0 Å². The topological polar surface area (TPSA) is 72.7 Å². The fourth-order valence-corrected chi connectivity index (χ4v) is 2.00. The van der Waals surface area contributed by atoms with Crippen molar-refractivity contribution in [1.29, 1.82) is 0 Å². The Labute approximate surface area is 125 Å². The molecule has 3 rings (SSSR count). The summed E-state index contributed by atoms with van der Waals surface area (Å²) in [7, 11) is 0. The van der Waals surface area contributed by atoms with E-state index in [0.29, 0.717) is 11.4 Å². The van der Waals surface area contributed by atoms with Gasteiger partial charge in [-0.1, -0.05) is 29.8 Å². The van der Waals surface area contributed by atoms with Crippen LogP contribution >= 0.6 is 11.6 Å². The summed E-state index contributed by atoms with van der Waals surface area (Å²) in [6.45, 7) is 0. The molecule has 0 unspecified atom stereocenters. The smallest absolute Gasteiger partial charge is 0.274 e. The Balaban J connectivity index is 1.90. The van der Waals surface area contributed by atoms with Gasteiger partial charge >= 0.3 is 0 Å². The van der Waals surface area contributed by atoms with Crippen molar-refractivity contribution in [2.45, 2.75) is 0 Å². The van der Waals surface area contributed by atoms with Crippen LogP contribution in [0, 0.1) is 0 Å². The van der Waals surface area contributed by atoms with Crippen molar-refractivity contribution >= 4 is 23.2 Å². The number of amides is 1. The van der Waals surface area contributed by atoms with Crippen LogP contribution in [0.5, 0.6) is 0 Å². The average molecular weight is 300 g/mol. The second-order valence-electron chi connectivity index (χ2n) is 4.16. The molecule has 2 heterocycles. The summed E-state index contributed by atoms with van der Waals surface area (Å²) >= 11 is 5.79. The third kappa shape index (κ3) is 2.90. The number of rotatable bonds is 3. The average Bonchev–Trinajstić information content (AvgIpc) is 3.02. The monoisotopic (exact) mass is 299 g/mol. The maximum atomic E-state index is 12.2. The van der Waals surface area contributed by atoms with Crippen LogP contribution in [0.1, 0.15) is 10.5 Å². The molecule has 0 atom stereocenters. The van der Waals surface area contributed by atoms with E-state index in [1.807, 2.05) is 18.2 Å². The molecule has 0 radical (unpaired) electrons. The Hall–Kier alpha value is -2.73. The quantitative estimate of drug-likeness (QED) is 0.754. The number of nitrogens with zero attached hydrogens (tertiary/aromatic N) is 4. The second-order valence-corrected chi connectivity index (χ2v) is 4.54. The Bertz CT molecular complexity index is 773. The predicted molar refractivity (Wildman–Crippen MR) is 78.6 cm³/mol. The molecule has 7 heteroatoms. The highest BCUT2D eigenvalue weighted by Gasteiger charge is 2.11. The van der Waals surface area contributed by atoms with Gasteiger partial charge in [-0.3, -0.25) is 4.79 Å². The molecular formula is C14H10ClN5O. The highest BCUT2D eigenvalue weighted by Crippen LogP contribution is 2.19. The number of nitrogens with one attached hydrogen (secondary N) is 1. The zero-order chi connectivity index (χ0) is 14.7. The highest BCUT2D eigenvalue weighted by molar-refractivity contribution is 6.29. The van der Waals surface area contributed by atoms with Crippen molar-refractivity contribution in [3.8, 4) is 5.69 Å². The van der Waals surface area contributed by atoms with E-state index < -0.39 is 0 Å². The van der Waals surface area contributed by atoms with E-state index in [1.54, 1.807) is 35.3 Å². The number of carbonyl (C=O) groups is 1. The fraction of sp³-hybridized carbons (Fsp3) is 0. The minimum atomic E-state index is -0.343. The summed E-state index contributed by atoms with van der Waals surface area (Å²) in [6.07, 6.45) is 2.99. The van der Waals surface area contributed by atoms with Crippen LogP contribution in [-0.4, -0.2) is 25.7 Å². The van der Waals surface area contributed by atoms with Gasteiger partial charge in [0.15, 0.2) is 0 Å². The molecule has 1 N–H and O–H groups in total. The summed E-state index contributed by atoms with van der Waals surface area (Å²) in [4.78, 5) is 20.1. The Kier molecular flexibility index (Phi) is 3.61. The SMILES string of the molecule is O=C(Nc1ccccc1-n1cncn1)c1cccc(Cl)n1. The first-order valence-electron chi connectivity index (χ1n) is 6.12. The first-order valence-corrected chi connectivity index (χ1v) is 6.50. The molecule has 1 amide bonds. The summed E-state index contributed by atoms with van der Waals surface area (Å²) in [6, 6.07) is 12.2. The molecule has 0 saturated heterocycles. The van der Waals surface area contributed by atoms with Crippen LogP contribution in [0.25, 0.3) is 5.69 Å². The molecule has 6 nitrogen and oxygen atoms in total. The van der Waals surface area contributed by atoms with Gasteiger partial charge in [-0.25, -0.2) is 14.6 Å². The highest BCUT2D eigenvalue weighted by atomic mass is 35.5. The molecule has 0 bridgehead atoms. The Morgan fingerprint density at radius 2 is 2.00 bits per heavy atom. The Morgan fingerprint density at radius 1 is 1.14 bits per heavy atom. The molecule has 3 aromatic rings. The number of hydrogen-bond donors (Lipinski definition) is 1. The molecule has 2 aromatic heterocycles. The predicted octanol–water partition coefficient (Wildman–Crippen LogP) is 2.57. The van der Waals surface area contributed by atoms with Gasteiger partial charge in [0.25, 0.3) is 5.91 Å². The lowest BCUT2D eigenvalue weighted by molar-refractivity contribution is 0.102. The van der Waals surface area contributed by atoms with Gasteiger partial charge in [0.2, 0.25) is 0 Å². The minimum absolute atomic E-state index is 0.246. The van der Waals surface area contributed by atoms with Gasteiger partial charge in [0.05, 0.1) is 11.4 Å². The molecule has 104 valence electrons. The number of carbonyl (C=O) groups excluding carboxylic acids is 1. The van der Waals surface area contributed by atoms with Crippen LogP contribution in [0.15, 0.2) is 55.1 Å². The third-order valence-electron chi connectivity index (χ3n) is 2.77. The number of para-hydroxylation sites is 2. The molecule has 21 heavy (non-hydrogen) atoms. The maximum absolute atomic E-state index is 12.2. The molecule has 0 fully saturated rings. The summed E-state index contributed by atoms with van der Waals surface area (Å²) in [5.41, 5.74) is 1.57. The largest absolute Gasteiger partial charge is 0.319 e. The van der Waals surface area contributed by atoms with E-state index in [9.17, 15) is 4.79 Å². The minimum Gasteiger partial charge on any atom is -0.319 e. The van der Waals surface area contributed by atoms with Crippen LogP contribution in [0.2, 0.25) is 5.15 Å². The van der Waals surface area contributed by atoms with E-state index in [1.165, 1.54) is 6.33 Å². The van der Waals surface area contributed by atoms with Gasteiger partial charge in [-0.2, -0.15) is 5.10 Å². The van der Waals surface area contributed by atoms with Crippen molar-refractivity contribution in [2.24, 2.45) is 0 Å². The molecular weight excluding hydrogens is 290 g/mol. The molecule has 1 aromatic carbocycles. The summed E-state index contributed by atoms with van der Waals surface area (Å²) in [5.74, 6) is -0.343. The zero-order valence-corrected chi connectivity index (χ0v) is 11.5. The van der Waals surface area contributed by atoms with Gasteiger partial charge in [0.1, 0.15) is 23.5 Å². The number of anilines is 1. The normalized spacial score (nSPS) is 10.3. The number of benzene rings is 1. The van der Waals surface area contributed by atoms with Gasteiger partial charge < -0.3 is 5.32 Å². The third-order valence-corrected chi connectivity index (χ3v) is 2.98. The lowest BCUT2D eigenvalue weighted by atomic mass is 10.2. The molecule has 0 aliphatic carbocycles. The van der Waals surface area contributed by atoms with Crippen molar-refractivity contribution in [3.63, 3.8) is 0 Å². The van der Waals surface area contributed by atoms with Crippen molar-refractivity contribution in [3.05, 3.63) is 66.0 Å². The van der Waals surface area contributed by atoms with Crippen molar-refractivity contribution < 1.29 is 4.79 Å². The number of hydrogen-bond acceptors (Lipinski definition) is 4. The molecule has 0 spiro atoms. The number of pyridine rings is 1. The first kappa shape index (κ1) is 13.3. The lowest BCUT2D eigenvalue weighted by Gasteiger charge is -2.10. The first-order chi connectivity index (χ1) is 10.2. The maximum Gasteiger partial charge on any atom is 0.274 e. The Morgan fingerprint density at radius 3 is 2.76 bits per heavy atom. The van der Waals surface area contributed by atoms with Crippen molar-refractivity contribution in [1.82, 2.24) is 19.7 Å². The van der Waals surface area contributed by atoms with E-state index in [0.717, 1.165) is 0 Å². The van der Waals surface area contributed by atoms with E-state index in [2.05, 4.69) is 20.4 Å². The second kappa shape index (κ2) is 5.72. The standard InChI is InChI=1S/C14H10ClN5O/c15-13-7-3-5-11(18-13)14(21)19-10-4-1-2-6-12(10)20-9-16-8-17-20/h1-9H,(H,19,21). The summed E-state index contributed by atoms with van der Waals surface area (Å²) < 4.78 is 1.57. The van der Waals surface area contributed by atoms with Crippen LogP contribution in [0.4, 0.5) is 5.69 Å². The molecule has 0 saturated carbocycles. The number of aromatic nitrogens is 4. The summed E-state index contributed by atoms with van der Waals surface area (Å²) in [5, 5.41) is 7.12.